The van der Waals surface area contributed by atoms with Gasteiger partial charge >= 0.3 is 0 Å². The number of nitrogens with zero attached hydrogens (tertiary/aromatic N) is 1. The highest BCUT2D eigenvalue weighted by Gasteiger charge is 2.18. The first-order valence-electron chi connectivity index (χ1n) is 5.40. The third-order valence-electron chi connectivity index (χ3n) is 2.46. The predicted octanol–water partition coefficient (Wildman–Crippen LogP) is 5.13. The average molecular weight is 455 g/mol. The first kappa shape index (κ1) is 14.7. The third-order valence-corrected chi connectivity index (χ3v) is 5.28. The highest BCUT2D eigenvalue weighted by atomic mass is 79.9. The van der Waals surface area contributed by atoms with Crippen LogP contribution in [0.2, 0.25) is 0 Å². The highest BCUT2D eigenvalue weighted by molar-refractivity contribution is 9.12. The fourth-order valence-corrected chi connectivity index (χ4v) is 5.03. The van der Waals surface area contributed by atoms with Gasteiger partial charge in [0.25, 0.3) is 0 Å². The number of nitrogens with one attached hydrogen (secondary N) is 1. The second-order valence-corrected chi connectivity index (χ2v) is 8.37. The van der Waals surface area contributed by atoms with E-state index < -0.39 is 0 Å². The maximum atomic E-state index is 4.24. The van der Waals surface area contributed by atoms with Gasteiger partial charge in [0.15, 0.2) is 0 Å². The number of halogens is 3. The summed E-state index contributed by atoms with van der Waals surface area (Å²) in [7, 11) is 0. The first-order valence-corrected chi connectivity index (χ1v) is 8.60. The molecule has 1 unspecified atom stereocenters. The quantitative estimate of drug-likeness (QED) is 0.692. The van der Waals surface area contributed by atoms with Crippen LogP contribution >= 0.6 is 59.1 Å². The molecule has 1 atom stereocenters. The van der Waals surface area contributed by atoms with Gasteiger partial charge in [-0.05, 0) is 77.6 Å². The molecule has 2 aromatic rings. The zero-order valence-electron chi connectivity index (χ0n) is 9.58. The van der Waals surface area contributed by atoms with E-state index in [0.717, 1.165) is 24.2 Å². The second-order valence-electron chi connectivity index (χ2n) is 3.71. The van der Waals surface area contributed by atoms with E-state index in [1.165, 1.54) is 5.56 Å². The van der Waals surface area contributed by atoms with Crippen LogP contribution in [0.1, 0.15) is 24.1 Å². The summed E-state index contributed by atoms with van der Waals surface area (Å²) in [5.74, 6) is 0. The Hall–Kier alpha value is 0.250. The van der Waals surface area contributed by atoms with Crippen LogP contribution in [-0.2, 0) is 0 Å². The maximum Gasteiger partial charge on any atom is 0.0761 e. The smallest absolute Gasteiger partial charge is 0.0761 e. The van der Waals surface area contributed by atoms with E-state index in [-0.39, 0.29) is 6.04 Å². The van der Waals surface area contributed by atoms with Crippen molar-refractivity contribution in [2.24, 2.45) is 0 Å². The second kappa shape index (κ2) is 6.61. The van der Waals surface area contributed by atoms with Crippen molar-refractivity contribution in [3.05, 3.63) is 47.7 Å². The lowest BCUT2D eigenvalue weighted by molar-refractivity contribution is 0.628. The lowest BCUT2D eigenvalue weighted by atomic mass is 10.0. The number of aromatic nitrogens is 1. The summed E-state index contributed by atoms with van der Waals surface area (Å²) in [5.41, 5.74) is 2.38. The van der Waals surface area contributed by atoms with Gasteiger partial charge < -0.3 is 5.32 Å². The molecule has 1 N–H and O–H groups in total. The standard InChI is InChI=1S/C12H11Br3N2S/c1-2-17-11(7-3-8(13)6-16-5-7)9-4-10(14)18-12(9)15/h3-6,11,17H,2H2,1H3. The molecular formula is C12H11Br3N2S. The van der Waals surface area contributed by atoms with Crippen molar-refractivity contribution >= 4 is 59.1 Å². The largest absolute Gasteiger partial charge is 0.306 e. The molecule has 0 amide bonds. The van der Waals surface area contributed by atoms with Gasteiger partial charge in [-0.15, -0.1) is 11.3 Å². The Kier molecular flexibility index (Phi) is 5.38. The van der Waals surface area contributed by atoms with Crippen LogP contribution in [0.3, 0.4) is 0 Å². The topological polar surface area (TPSA) is 24.9 Å². The van der Waals surface area contributed by atoms with Gasteiger partial charge in [0.05, 0.1) is 13.6 Å². The average Bonchev–Trinajstić information content (AvgIpc) is 2.65. The number of hydrogen-bond acceptors (Lipinski definition) is 3. The fraction of sp³-hybridized carbons (Fsp3) is 0.250. The van der Waals surface area contributed by atoms with Crippen LogP contribution in [0.25, 0.3) is 0 Å². The highest BCUT2D eigenvalue weighted by Crippen LogP contribution is 2.38. The molecule has 96 valence electrons. The summed E-state index contributed by atoms with van der Waals surface area (Å²) in [6, 6.07) is 4.39. The van der Waals surface area contributed by atoms with Crippen molar-refractivity contribution in [2.75, 3.05) is 6.54 Å². The Bertz CT molecular complexity index is 542. The van der Waals surface area contributed by atoms with Crippen LogP contribution in [0, 0.1) is 0 Å². The molecule has 0 saturated heterocycles. The summed E-state index contributed by atoms with van der Waals surface area (Å²) >= 11 is 12.3. The minimum Gasteiger partial charge on any atom is -0.306 e. The van der Waals surface area contributed by atoms with Crippen LogP contribution in [0.4, 0.5) is 0 Å². The number of rotatable bonds is 4. The molecule has 2 nitrogen and oxygen atoms in total. The van der Waals surface area contributed by atoms with Gasteiger partial charge in [-0.25, -0.2) is 0 Å². The summed E-state index contributed by atoms with van der Waals surface area (Å²) < 4.78 is 3.25. The Labute approximate surface area is 136 Å². The Balaban J connectivity index is 2.42. The van der Waals surface area contributed by atoms with Gasteiger partial charge in [-0.2, -0.15) is 0 Å². The molecule has 0 radical (unpaired) electrons. The summed E-state index contributed by atoms with van der Waals surface area (Å²) in [6.45, 7) is 3.00. The zero-order valence-corrected chi connectivity index (χ0v) is 15.2. The predicted molar refractivity (Wildman–Crippen MR) is 87.2 cm³/mol. The van der Waals surface area contributed by atoms with E-state index in [2.05, 4.69) is 77.1 Å². The van der Waals surface area contributed by atoms with Crippen molar-refractivity contribution < 1.29 is 0 Å². The van der Waals surface area contributed by atoms with Gasteiger partial charge in [0.2, 0.25) is 0 Å². The van der Waals surface area contributed by atoms with Crippen molar-refractivity contribution in [1.82, 2.24) is 10.3 Å². The van der Waals surface area contributed by atoms with Crippen LogP contribution in [-0.4, -0.2) is 11.5 Å². The van der Waals surface area contributed by atoms with Crippen molar-refractivity contribution in [3.63, 3.8) is 0 Å². The Morgan fingerprint density at radius 2 is 2.06 bits per heavy atom. The van der Waals surface area contributed by atoms with Crippen LogP contribution < -0.4 is 5.32 Å². The van der Waals surface area contributed by atoms with Crippen molar-refractivity contribution in [2.45, 2.75) is 13.0 Å². The molecule has 0 aromatic carbocycles. The molecule has 2 heterocycles. The van der Waals surface area contributed by atoms with E-state index in [4.69, 9.17) is 0 Å². The molecule has 6 heteroatoms. The van der Waals surface area contributed by atoms with Gasteiger partial charge in [0.1, 0.15) is 0 Å². The van der Waals surface area contributed by atoms with Crippen molar-refractivity contribution in [1.29, 1.82) is 0 Å². The molecule has 0 saturated carbocycles. The van der Waals surface area contributed by atoms with Gasteiger partial charge in [-0.3, -0.25) is 4.98 Å². The zero-order chi connectivity index (χ0) is 13.1. The van der Waals surface area contributed by atoms with E-state index >= 15 is 0 Å². The van der Waals surface area contributed by atoms with Crippen LogP contribution in [0.15, 0.2) is 36.6 Å². The fourth-order valence-electron chi connectivity index (χ4n) is 1.75. The van der Waals surface area contributed by atoms with E-state index in [9.17, 15) is 0 Å². The molecule has 0 bridgehead atoms. The molecule has 18 heavy (non-hydrogen) atoms. The molecule has 0 spiro atoms. The Morgan fingerprint density at radius 3 is 2.61 bits per heavy atom. The molecule has 0 aliphatic carbocycles. The molecule has 0 aliphatic heterocycles. The van der Waals surface area contributed by atoms with E-state index in [0.29, 0.717) is 0 Å². The summed E-state index contributed by atoms with van der Waals surface area (Å²) in [4.78, 5) is 4.24. The third kappa shape index (κ3) is 3.42. The van der Waals surface area contributed by atoms with Crippen LogP contribution in [0.5, 0.6) is 0 Å². The number of thiophene rings is 1. The monoisotopic (exact) mass is 452 g/mol. The number of pyridine rings is 1. The molecule has 0 fully saturated rings. The summed E-state index contributed by atoms with van der Waals surface area (Å²) in [5, 5.41) is 3.49. The minimum atomic E-state index is 0.150. The minimum absolute atomic E-state index is 0.150. The lowest BCUT2D eigenvalue weighted by Crippen LogP contribution is -2.22. The molecule has 2 rings (SSSR count). The van der Waals surface area contributed by atoms with Gasteiger partial charge in [-0.1, -0.05) is 6.92 Å². The maximum absolute atomic E-state index is 4.24. The van der Waals surface area contributed by atoms with E-state index in [1.54, 1.807) is 17.5 Å². The van der Waals surface area contributed by atoms with Crippen molar-refractivity contribution in [3.8, 4) is 0 Å². The SMILES string of the molecule is CCNC(c1cncc(Br)c1)c1cc(Br)sc1Br. The molecular weight excluding hydrogens is 444 g/mol. The number of hydrogen-bond donors (Lipinski definition) is 1. The molecule has 2 aromatic heterocycles. The van der Waals surface area contributed by atoms with E-state index in [1.807, 2.05) is 6.20 Å². The normalized spacial score (nSPS) is 12.7. The molecule has 0 aliphatic rings. The lowest BCUT2D eigenvalue weighted by Gasteiger charge is -2.18. The first-order chi connectivity index (χ1) is 8.61. The Morgan fingerprint density at radius 1 is 1.28 bits per heavy atom. The van der Waals surface area contributed by atoms with Gasteiger partial charge in [0, 0.05) is 16.9 Å². The summed E-state index contributed by atoms with van der Waals surface area (Å²) in [6.07, 6.45) is 3.70.